The zero-order valence-electron chi connectivity index (χ0n) is 17.1. The number of halogens is 1. The first-order valence-electron chi connectivity index (χ1n) is 9.88. The summed E-state index contributed by atoms with van der Waals surface area (Å²) in [6, 6.07) is 16.9. The van der Waals surface area contributed by atoms with Crippen molar-refractivity contribution in [1.29, 1.82) is 0 Å². The Morgan fingerprint density at radius 3 is 2.65 bits per heavy atom. The highest BCUT2D eigenvalue weighted by atomic mass is 35.5. The van der Waals surface area contributed by atoms with Gasteiger partial charge in [-0.05, 0) is 47.9 Å². The topological polar surface area (TPSA) is 91.9 Å². The van der Waals surface area contributed by atoms with Gasteiger partial charge >= 0.3 is 6.09 Å². The molecule has 0 aliphatic rings. The number of carbonyl (C=O) groups excluding carboxylic acids is 1. The average Bonchev–Trinajstić information content (AvgIpc) is 3.18. The molecule has 0 aliphatic heterocycles. The van der Waals surface area contributed by atoms with E-state index in [0.717, 1.165) is 22.3 Å². The summed E-state index contributed by atoms with van der Waals surface area (Å²) in [4.78, 5) is 23.8. The molecule has 1 amide bonds. The molecule has 0 unspecified atom stereocenters. The molecule has 3 N–H and O–H groups in total. The van der Waals surface area contributed by atoms with Crippen LogP contribution >= 0.6 is 11.6 Å². The van der Waals surface area contributed by atoms with Gasteiger partial charge in [0.15, 0.2) is 0 Å². The third kappa shape index (κ3) is 5.13. The molecule has 0 saturated heterocycles. The van der Waals surface area contributed by atoms with Crippen molar-refractivity contribution in [3.8, 4) is 11.3 Å². The number of ether oxygens (including phenoxy) is 1. The van der Waals surface area contributed by atoms with Crippen LogP contribution in [0.15, 0.2) is 60.9 Å². The van der Waals surface area contributed by atoms with E-state index < -0.39 is 6.09 Å². The third-order valence-corrected chi connectivity index (χ3v) is 4.74. The number of hydrogen-bond donors (Lipinski definition) is 3. The second-order valence-electron chi connectivity index (χ2n) is 7.50. The average molecular weight is 436 g/mol. The molecule has 0 spiro atoms. The van der Waals surface area contributed by atoms with Gasteiger partial charge in [-0.3, -0.25) is 5.32 Å². The Morgan fingerprint density at radius 1 is 1.10 bits per heavy atom. The van der Waals surface area contributed by atoms with E-state index in [1.165, 1.54) is 6.33 Å². The van der Waals surface area contributed by atoms with Crippen molar-refractivity contribution in [2.24, 2.45) is 5.92 Å². The Balaban J connectivity index is 1.53. The molecular weight excluding hydrogens is 414 g/mol. The number of fused-ring (bicyclic) bond motifs is 1. The molecule has 4 rings (SSSR count). The highest BCUT2D eigenvalue weighted by molar-refractivity contribution is 6.30. The zero-order chi connectivity index (χ0) is 21.8. The Morgan fingerprint density at radius 2 is 1.90 bits per heavy atom. The van der Waals surface area contributed by atoms with Crippen molar-refractivity contribution in [3.63, 3.8) is 0 Å². The van der Waals surface area contributed by atoms with Crippen LogP contribution in [-0.2, 0) is 4.74 Å². The molecule has 8 heteroatoms. The molecule has 2 aromatic heterocycles. The van der Waals surface area contributed by atoms with Crippen molar-refractivity contribution in [3.05, 3.63) is 65.9 Å². The number of hydrogen-bond acceptors (Lipinski definition) is 5. The predicted octanol–water partition coefficient (Wildman–Crippen LogP) is 6.23. The van der Waals surface area contributed by atoms with Crippen LogP contribution in [0.5, 0.6) is 0 Å². The lowest BCUT2D eigenvalue weighted by atomic mass is 10.1. The van der Waals surface area contributed by atoms with E-state index in [1.54, 1.807) is 0 Å². The monoisotopic (exact) mass is 435 g/mol. The lowest BCUT2D eigenvalue weighted by Gasteiger charge is -2.09. The van der Waals surface area contributed by atoms with Gasteiger partial charge in [0, 0.05) is 22.1 Å². The number of carbonyl (C=O) groups is 1. The van der Waals surface area contributed by atoms with E-state index in [9.17, 15) is 4.79 Å². The molecule has 0 atom stereocenters. The summed E-state index contributed by atoms with van der Waals surface area (Å²) >= 11 is 6.08. The molecule has 0 bridgehead atoms. The maximum absolute atomic E-state index is 11.8. The van der Waals surface area contributed by atoms with Gasteiger partial charge in [-0.25, -0.2) is 14.8 Å². The Hall–Kier alpha value is -3.58. The van der Waals surface area contributed by atoms with Gasteiger partial charge in [-0.15, -0.1) is 0 Å². The fraction of sp³-hybridized carbons (Fsp3) is 0.174. The Bertz CT molecular complexity index is 1200. The number of rotatable bonds is 6. The first-order chi connectivity index (χ1) is 15.0. The summed E-state index contributed by atoms with van der Waals surface area (Å²) in [7, 11) is 0. The van der Waals surface area contributed by atoms with Crippen LogP contribution < -0.4 is 10.6 Å². The summed E-state index contributed by atoms with van der Waals surface area (Å²) in [6.45, 7) is 4.36. The minimum absolute atomic E-state index is 0.288. The number of aromatic nitrogens is 3. The van der Waals surface area contributed by atoms with Gasteiger partial charge in [-0.2, -0.15) is 0 Å². The molecular formula is C23H22ClN5O2. The SMILES string of the molecule is CC(C)COC(=O)Nc1ccc(-c2cc3c(Nc4cccc(Cl)c4)ncnc3[nH]2)cc1. The largest absolute Gasteiger partial charge is 0.449 e. The maximum atomic E-state index is 11.8. The van der Waals surface area contributed by atoms with E-state index >= 15 is 0 Å². The standard InChI is InChI=1S/C23H22ClN5O2/c1-14(2)12-31-23(30)28-17-8-6-15(7-9-17)20-11-19-21(25-13-26-22(19)29-20)27-18-5-3-4-16(24)10-18/h3-11,13-14H,12H2,1-2H3,(H,28,30)(H2,25,26,27,29). The molecule has 2 aromatic carbocycles. The number of nitrogens with zero attached hydrogens (tertiary/aromatic N) is 2. The summed E-state index contributed by atoms with van der Waals surface area (Å²) < 4.78 is 5.14. The predicted molar refractivity (Wildman–Crippen MR) is 124 cm³/mol. The van der Waals surface area contributed by atoms with E-state index in [0.29, 0.717) is 28.8 Å². The van der Waals surface area contributed by atoms with Gasteiger partial charge in [0.05, 0.1) is 12.0 Å². The number of anilines is 3. The van der Waals surface area contributed by atoms with E-state index in [1.807, 2.05) is 68.4 Å². The van der Waals surface area contributed by atoms with Crippen molar-refractivity contribution in [2.45, 2.75) is 13.8 Å². The van der Waals surface area contributed by atoms with E-state index in [4.69, 9.17) is 16.3 Å². The summed E-state index contributed by atoms with van der Waals surface area (Å²) in [5.74, 6) is 0.970. The van der Waals surface area contributed by atoms with Crippen LogP contribution in [0.1, 0.15) is 13.8 Å². The molecule has 2 heterocycles. The van der Waals surface area contributed by atoms with E-state index in [-0.39, 0.29) is 5.92 Å². The molecule has 0 radical (unpaired) electrons. The van der Waals surface area contributed by atoms with Crippen LogP contribution in [0.3, 0.4) is 0 Å². The minimum atomic E-state index is -0.459. The third-order valence-electron chi connectivity index (χ3n) is 4.50. The number of H-pyrrole nitrogens is 1. The van der Waals surface area contributed by atoms with Crippen LogP contribution in [0.2, 0.25) is 5.02 Å². The number of amides is 1. The molecule has 0 saturated carbocycles. The van der Waals surface area contributed by atoms with Crippen molar-refractivity contribution in [2.75, 3.05) is 17.2 Å². The van der Waals surface area contributed by atoms with Crippen molar-refractivity contribution in [1.82, 2.24) is 15.0 Å². The Kier molecular flexibility index (Phi) is 6.04. The van der Waals surface area contributed by atoms with Crippen LogP contribution in [-0.4, -0.2) is 27.7 Å². The first-order valence-corrected chi connectivity index (χ1v) is 10.3. The van der Waals surface area contributed by atoms with Crippen LogP contribution in [0.4, 0.5) is 22.0 Å². The fourth-order valence-electron chi connectivity index (χ4n) is 3.03. The molecule has 4 aromatic rings. The van der Waals surface area contributed by atoms with Gasteiger partial charge in [0.25, 0.3) is 0 Å². The number of nitrogens with one attached hydrogen (secondary N) is 3. The number of benzene rings is 2. The second kappa shape index (κ2) is 9.06. The highest BCUT2D eigenvalue weighted by Gasteiger charge is 2.11. The lowest BCUT2D eigenvalue weighted by molar-refractivity contribution is 0.147. The Labute approximate surface area is 184 Å². The van der Waals surface area contributed by atoms with Crippen molar-refractivity contribution < 1.29 is 9.53 Å². The molecule has 158 valence electrons. The fourth-order valence-corrected chi connectivity index (χ4v) is 3.22. The molecule has 7 nitrogen and oxygen atoms in total. The highest BCUT2D eigenvalue weighted by Crippen LogP contribution is 2.29. The van der Waals surface area contributed by atoms with Gasteiger partial charge in [-0.1, -0.05) is 43.6 Å². The van der Waals surface area contributed by atoms with Gasteiger partial charge < -0.3 is 15.0 Å². The van der Waals surface area contributed by atoms with Gasteiger partial charge in [0.2, 0.25) is 0 Å². The molecule has 0 fully saturated rings. The quantitative estimate of drug-likeness (QED) is 0.334. The van der Waals surface area contributed by atoms with Crippen LogP contribution in [0, 0.1) is 5.92 Å². The molecule has 31 heavy (non-hydrogen) atoms. The summed E-state index contributed by atoms with van der Waals surface area (Å²) in [5.41, 5.74) is 4.06. The van der Waals surface area contributed by atoms with Crippen molar-refractivity contribution >= 4 is 45.9 Å². The van der Waals surface area contributed by atoms with Gasteiger partial charge in [0.1, 0.15) is 17.8 Å². The minimum Gasteiger partial charge on any atom is -0.449 e. The first kappa shape index (κ1) is 20.7. The lowest BCUT2D eigenvalue weighted by Crippen LogP contribution is -2.16. The second-order valence-corrected chi connectivity index (χ2v) is 7.93. The normalized spacial score (nSPS) is 11.0. The maximum Gasteiger partial charge on any atom is 0.411 e. The number of aromatic amines is 1. The molecule has 0 aliphatic carbocycles. The summed E-state index contributed by atoms with van der Waals surface area (Å²) in [6.07, 6.45) is 1.05. The zero-order valence-corrected chi connectivity index (χ0v) is 17.9. The van der Waals surface area contributed by atoms with Crippen LogP contribution in [0.25, 0.3) is 22.3 Å². The summed E-state index contributed by atoms with van der Waals surface area (Å²) in [5, 5.41) is 7.52. The smallest absolute Gasteiger partial charge is 0.411 e. The van der Waals surface area contributed by atoms with E-state index in [2.05, 4.69) is 25.6 Å².